The van der Waals surface area contributed by atoms with Crippen LogP contribution in [0.2, 0.25) is 0 Å². The molecule has 7 aromatic rings. The van der Waals surface area contributed by atoms with Crippen molar-refractivity contribution >= 4 is 11.0 Å². The molecule has 0 bridgehead atoms. The van der Waals surface area contributed by atoms with Crippen molar-refractivity contribution in [3.05, 3.63) is 215 Å². The average Bonchev–Trinajstić information content (AvgIpc) is 3.65. The Labute approximate surface area is 323 Å². The molecule has 8 rings (SSSR count). The molecule has 1 aliphatic heterocycles. The molecule has 6 nitrogen and oxygen atoms in total. The summed E-state index contributed by atoms with van der Waals surface area (Å²) >= 11 is 0. The average molecular weight is 731 g/mol. The van der Waals surface area contributed by atoms with Crippen LogP contribution in [-0.2, 0) is 56.5 Å². The molecule has 1 aromatic heterocycles. The molecule has 1 aliphatic rings. The third-order valence-corrected chi connectivity index (χ3v) is 10.0. The minimum absolute atomic E-state index is 0.302. The number of hydrogen-bond acceptors (Lipinski definition) is 6. The minimum Gasteiger partial charge on any atom is -0.461 e. The molecular weight excluding hydrogens is 685 g/mol. The van der Waals surface area contributed by atoms with Crippen LogP contribution in [0.25, 0.3) is 11.0 Å². The van der Waals surface area contributed by atoms with Gasteiger partial charge in [-0.05, 0) is 51.6 Å². The van der Waals surface area contributed by atoms with Gasteiger partial charge in [0.15, 0.2) is 0 Å². The van der Waals surface area contributed by atoms with Crippen molar-refractivity contribution in [2.24, 2.45) is 0 Å². The SMILES string of the molecule is c1ccc(COC[C@H]2O[C@@H](c3ccc4oc(Cc5ccccc5)cc4c3)[C@H](OCc3ccccc3)[C@@H](OCc3ccccc3)[C@@H]2OCc2ccccc2)cc1. The van der Waals surface area contributed by atoms with E-state index in [4.69, 9.17) is 28.1 Å². The molecule has 2 heterocycles. The van der Waals surface area contributed by atoms with Crippen LogP contribution in [0.4, 0.5) is 0 Å². The molecule has 0 radical (unpaired) electrons. The number of furan rings is 1. The van der Waals surface area contributed by atoms with E-state index in [1.807, 2.05) is 84.9 Å². The molecule has 0 spiro atoms. The lowest BCUT2D eigenvalue weighted by molar-refractivity contribution is -0.275. The third-order valence-electron chi connectivity index (χ3n) is 10.0. The van der Waals surface area contributed by atoms with E-state index in [9.17, 15) is 0 Å². The molecule has 0 saturated carbocycles. The Morgan fingerprint density at radius 2 is 0.909 bits per heavy atom. The highest BCUT2D eigenvalue weighted by Crippen LogP contribution is 2.40. The second-order valence-electron chi connectivity index (χ2n) is 14.1. The van der Waals surface area contributed by atoms with Crippen LogP contribution in [-0.4, -0.2) is 31.0 Å². The molecular formula is C49H46O6. The quantitative estimate of drug-likeness (QED) is 0.0987. The van der Waals surface area contributed by atoms with Gasteiger partial charge in [-0.15, -0.1) is 0 Å². The van der Waals surface area contributed by atoms with Gasteiger partial charge in [0.1, 0.15) is 41.9 Å². The van der Waals surface area contributed by atoms with Crippen molar-refractivity contribution < 1.29 is 28.1 Å². The predicted molar refractivity (Wildman–Crippen MR) is 214 cm³/mol. The van der Waals surface area contributed by atoms with Crippen molar-refractivity contribution in [2.75, 3.05) is 6.61 Å². The lowest BCUT2D eigenvalue weighted by Crippen LogP contribution is -2.58. The normalized spacial score (nSPS) is 19.7. The second-order valence-corrected chi connectivity index (χ2v) is 14.1. The standard InChI is InChI=1S/C49H46O6/c1-6-16-36(17-7-1)28-43-30-42-29-41(26-27-44(42)54-43)46-48(52-33-39-22-12-4-13-23-39)49(53-34-40-24-14-5-15-25-40)47(51-32-38-20-10-3-11-21-38)45(55-46)35-50-31-37-18-8-2-9-19-37/h1-27,29-30,45-49H,28,31-35H2/t45-,46+,47-,48+,49+/m1/s1. The molecule has 278 valence electrons. The van der Waals surface area contributed by atoms with Crippen LogP contribution >= 0.6 is 0 Å². The lowest BCUT2D eigenvalue weighted by Gasteiger charge is -2.46. The highest BCUT2D eigenvalue weighted by atomic mass is 16.6. The Kier molecular flexibility index (Phi) is 12.2. The molecule has 0 amide bonds. The maximum Gasteiger partial charge on any atom is 0.134 e. The Morgan fingerprint density at radius 1 is 0.436 bits per heavy atom. The number of fused-ring (bicyclic) bond motifs is 1. The van der Waals surface area contributed by atoms with Gasteiger partial charge in [0.2, 0.25) is 0 Å². The van der Waals surface area contributed by atoms with E-state index in [1.165, 1.54) is 5.56 Å². The van der Waals surface area contributed by atoms with E-state index in [0.717, 1.165) is 44.5 Å². The smallest absolute Gasteiger partial charge is 0.134 e. The van der Waals surface area contributed by atoms with Crippen molar-refractivity contribution in [3.63, 3.8) is 0 Å². The molecule has 1 fully saturated rings. The summed E-state index contributed by atoms with van der Waals surface area (Å²) in [7, 11) is 0. The van der Waals surface area contributed by atoms with Gasteiger partial charge < -0.3 is 28.1 Å². The van der Waals surface area contributed by atoms with Gasteiger partial charge in [0, 0.05) is 11.8 Å². The van der Waals surface area contributed by atoms with Crippen molar-refractivity contribution in [1.82, 2.24) is 0 Å². The summed E-state index contributed by atoms with van der Waals surface area (Å²) in [5.74, 6) is 0.908. The second kappa shape index (κ2) is 18.3. The fourth-order valence-corrected chi connectivity index (χ4v) is 7.24. The van der Waals surface area contributed by atoms with Crippen LogP contribution in [0.15, 0.2) is 180 Å². The van der Waals surface area contributed by atoms with Crippen molar-refractivity contribution in [1.29, 1.82) is 0 Å². The molecule has 0 N–H and O–H groups in total. The summed E-state index contributed by atoms with van der Waals surface area (Å²) in [4.78, 5) is 0. The zero-order valence-corrected chi connectivity index (χ0v) is 30.8. The highest BCUT2D eigenvalue weighted by molar-refractivity contribution is 5.79. The summed E-state index contributed by atoms with van der Waals surface area (Å²) < 4.78 is 40.7. The van der Waals surface area contributed by atoms with Gasteiger partial charge in [-0.25, -0.2) is 0 Å². The van der Waals surface area contributed by atoms with Crippen molar-refractivity contribution in [2.45, 2.75) is 63.4 Å². The van der Waals surface area contributed by atoms with Crippen LogP contribution in [0.5, 0.6) is 0 Å². The van der Waals surface area contributed by atoms with E-state index in [1.54, 1.807) is 0 Å². The molecule has 5 atom stereocenters. The van der Waals surface area contributed by atoms with E-state index in [0.29, 0.717) is 39.5 Å². The van der Waals surface area contributed by atoms with Crippen LogP contribution < -0.4 is 0 Å². The molecule has 0 unspecified atom stereocenters. The summed E-state index contributed by atoms with van der Waals surface area (Å²) in [5, 5.41) is 1.01. The van der Waals surface area contributed by atoms with E-state index in [2.05, 4.69) is 91.0 Å². The first kappa shape index (κ1) is 36.6. The zero-order valence-electron chi connectivity index (χ0n) is 30.8. The van der Waals surface area contributed by atoms with Gasteiger partial charge in [-0.3, -0.25) is 0 Å². The molecule has 6 aromatic carbocycles. The molecule has 0 aliphatic carbocycles. The monoisotopic (exact) mass is 730 g/mol. The number of ether oxygens (including phenoxy) is 5. The van der Waals surface area contributed by atoms with Gasteiger partial charge in [-0.1, -0.05) is 158 Å². The number of rotatable bonds is 16. The largest absolute Gasteiger partial charge is 0.461 e. The summed E-state index contributed by atoms with van der Waals surface area (Å²) in [6, 6.07) is 59.7. The summed E-state index contributed by atoms with van der Waals surface area (Å²) in [5.41, 5.74) is 7.29. The van der Waals surface area contributed by atoms with E-state index in [-0.39, 0.29) is 0 Å². The summed E-state index contributed by atoms with van der Waals surface area (Å²) in [6.45, 7) is 1.90. The topological polar surface area (TPSA) is 59.3 Å². The molecule has 6 heteroatoms. The lowest BCUT2D eigenvalue weighted by atomic mass is 9.90. The van der Waals surface area contributed by atoms with Gasteiger partial charge in [0.25, 0.3) is 0 Å². The first-order valence-electron chi connectivity index (χ1n) is 19.1. The third kappa shape index (κ3) is 9.67. The first-order valence-corrected chi connectivity index (χ1v) is 19.1. The van der Waals surface area contributed by atoms with Crippen LogP contribution in [0.1, 0.15) is 45.2 Å². The van der Waals surface area contributed by atoms with E-state index < -0.39 is 30.5 Å². The Bertz CT molecular complexity index is 2170. The van der Waals surface area contributed by atoms with E-state index >= 15 is 0 Å². The number of benzene rings is 6. The summed E-state index contributed by atoms with van der Waals surface area (Å²) in [6.07, 6.45) is -1.79. The van der Waals surface area contributed by atoms with Crippen LogP contribution in [0, 0.1) is 0 Å². The van der Waals surface area contributed by atoms with Crippen molar-refractivity contribution in [3.8, 4) is 0 Å². The van der Waals surface area contributed by atoms with Gasteiger partial charge in [-0.2, -0.15) is 0 Å². The molecule has 55 heavy (non-hydrogen) atoms. The maximum atomic E-state index is 7.16. The Hall–Kier alpha value is -5.34. The predicted octanol–water partition coefficient (Wildman–Crippen LogP) is 10.4. The minimum atomic E-state index is -0.525. The fraction of sp³-hybridized carbons (Fsp3) is 0.224. The Balaban J connectivity index is 1.15. The first-order chi connectivity index (χ1) is 27.2. The zero-order chi connectivity index (χ0) is 37.1. The Morgan fingerprint density at radius 3 is 1.45 bits per heavy atom. The van der Waals surface area contributed by atoms with Crippen LogP contribution in [0.3, 0.4) is 0 Å². The maximum absolute atomic E-state index is 7.16. The molecule has 1 saturated heterocycles. The van der Waals surface area contributed by atoms with Gasteiger partial charge in [0.05, 0.1) is 33.0 Å². The van der Waals surface area contributed by atoms with Gasteiger partial charge >= 0.3 is 0 Å². The fourth-order valence-electron chi connectivity index (χ4n) is 7.24. The highest BCUT2D eigenvalue weighted by Gasteiger charge is 2.49. The number of hydrogen-bond donors (Lipinski definition) is 0.